The molecule has 0 aliphatic carbocycles. The Morgan fingerprint density at radius 2 is 2.08 bits per heavy atom. The summed E-state index contributed by atoms with van der Waals surface area (Å²) in [6, 6.07) is 7.15. The number of anilines is 1. The molecule has 6 nitrogen and oxygen atoms in total. The van der Waals surface area contributed by atoms with Crippen molar-refractivity contribution in [1.29, 1.82) is 0 Å². The second kappa shape index (κ2) is 9.91. The number of nitrogens with one attached hydrogen (secondary N) is 1. The summed E-state index contributed by atoms with van der Waals surface area (Å²) < 4.78 is 5.58. The van der Waals surface area contributed by atoms with E-state index in [0.717, 1.165) is 31.8 Å². The van der Waals surface area contributed by atoms with Crippen molar-refractivity contribution in [3.8, 4) is 5.75 Å². The van der Waals surface area contributed by atoms with Crippen molar-refractivity contribution < 1.29 is 14.3 Å². The van der Waals surface area contributed by atoms with Crippen LogP contribution >= 0.6 is 0 Å². The van der Waals surface area contributed by atoms with Crippen molar-refractivity contribution in [2.24, 2.45) is 11.7 Å². The minimum Gasteiger partial charge on any atom is -0.491 e. The van der Waals surface area contributed by atoms with Gasteiger partial charge < -0.3 is 20.7 Å². The summed E-state index contributed by atoms with van der Waals surface area (Å²) in [6.07, 6.45) is 5.91. The van der Waals surface area contributed by atoms with Gasteiger partial charge in [-0.1, -0.05) is 31.9 Å². The van der Waals surface area contributed by atoms with Crippen LogP contribution < -0.4 is 15.8 Å². The van der Waals surface area contributed by atoms with E-state index in [9.17, 15) is 9.59 Å². The van der Waals surface area contributed by atoms with Crippen LogP contribution in [0.25, 0.3) is 0 Å². The predicted molar refractivity (Wildman–Crippen MR) is 98.6 cm³/mol. The highest BCUT2D eigenvalue weighted by atomic mass is 16.5. The van der Waals surface area contributed by atoms with E-state index in [1.807, 2.05) is 17.0 Å². The number of rotatable bonds is 7. The van der Waals surface area contributed by atoms with Gasteiger partial charge in [-0.15, -0.1) is 0 Å². The molecule has 1 aliphatic rings. The first kappa shape index (κ1) is 19.1. The first-order chi connectivity index (χ1) is 12.1. The molecule has 1 aromatic carbocycles. The van der Waals surface area contributed by atoms with Gasteiger partial charge in [0.2, 0.25) is 5.91 Å². The van der Waals surface area contributed by atoms with Gasteiger partial charge >= 0.3 is 6.03 Å². The van der Waals surface area contributed by atoms with Gasteiger partial charge in [-0.3, -0.25) is 4.79 Å². The van der Waals surface area contributed by atoms with Gasteiger partial charge in [0.1, 0.15) is 5.75 Å². The van der Waals surface area contributed by atoms with Crippen molar-refractivity contribution in [3.05, 3.63) is 24.3 Å². The second-order valence-electron chi connectivity index (χ2n) is 6.56. The first-order valence-corrected chi connectivity index (χ1v) is 9.16. The van der Waals surface area contributed by atoms with Gasteiger partial charge in [-0.05, 0) is 37.3 Å². The standard InChI is InChI=1S/C19H29N3O3/c1-2-6-15-7-5-12-22(13-10-15)19(24)21-16-8-3-4-9-17(16)25-14-11-18(20)23/h3-4,8-9,15H,2,5-7,10-14H2,1H3,(H2,20,23)(H,21,24). The number of hydrogen-bond acceptors (Lipinski definition) is 3. The fraction of sp³-hybridized carbons (Fsp3) is 0.579. The number of primary amides is 1. The number of urea groups is 1. The smallest absolute Gasteiger partial charge is 0.321 e. The highest BCUT2D eigenvalue weighted by molar-refractivity contribution is 5.91. The van der Waals surface area contributed by atoms with Crippen LogP contribution in [0.3, 0.4) is 0 Å². The van der Waals surface area contributed by atoms with Crippen LogP contribution in [0.15, 0.2) is 24.3 Å². The number of para-hydroxylation sites is 2. The van der Waals surface area contributed by atoms with Crippen LogP contribution in [0.1, 0.15) is 45.4 Å². The molecule has 138 valence electrons. The zero-order valence-electron chi connectivity index (χ0n) is 15.0. The van der Waals surface area contributed by atoms with Crippen molar-refractivity contribution in [1.82, 2.24) is 4.90 Å². The van der Waals surface area contributed by atoms with Crippen LogP contribution in [0.2, 0.25) is 0 Å². The normalized spacial score (nSPS) is 17.6. The molecule has 0 spiro atoms. The Hall–Kier alpha value is -2.24. The van der Waals surface area contributed by atoms with Gasteiger partial charge in [0.05, 0.1) is 18.7 Å². The molecular formula is C19H29N3O3. The lowest BCUT2D eigenvalue weighted by Crippen LogP contribution is -2.35. The van der Waals surface area contributed by atoms with Gasteiger partial charge in [-0.2, -0.15) is 0 Å². The van der Waals surface area contributed by atoms with Crippen LogP contribution in [0, 0.1) is 5.92 Å². The molecular weight excluding hydrogens is 318 g/mol. The Kier molecular flexibility index (Phi) is 7.57. The highest BCUT2D eigenvalue weighted by Gasteiger charge is 2.21. The molecule has 0 bridgehead atoms. The Bertz CT molecular complexity index is 577. The molecule has 3 N–H and O–H groups in total. The fourth-order valence-corrected chi connectivity index (χ4v) is 3.22. The predicted octanol–water partition coefficient (Wildman–Crippen LogP) is 3.37. The van der Waals surface area contributed by atoms with E-state index in [1.165, 1.54) is 19.3 Å². The lowest BCUT2D eigenvalue weighted by atomic mass is 9.96. The average molecular weight is 347 g/mol. The molecule has 0 saturated carbocycles. The molecule has 3 amide bonds. The molecule has 0 radical (unpaired) electrons. The van der Waals surface area contributed by atoms with E-state index in [1.54, 1.807) is 12.1 Å². The number of ether oxygens (including phenoxy) is 1. The van der Waals surface area contributed by atoms with Gasteiger partial charge in [0, 0.05) is 13.1 Å². The van der Waals surface area contributed by atoms with Crippen LogP contribution in [0.5, 0.6) is 5.75 Å². The summed E-state index contributed by atoms with van der Waals surface area (Å²) in [6.45, 7) is 3.99. The van der Waals surface area contributed by atoms with Gasteiger partial charge in [-0.25, -0.2) is 4.79 Å². The Balaban J connectivity index is 1.92. The molecule has 1 saturated heterocycles. The van der Waals surface area contributed by atoms with Crippen LogP contribution in [-0.4, -0.2) is 36.5 Å². The van der Waals surface area contributed by atoms with Crippen LogP contribution in [0.4, 0.5) is 10.5 Å². The largest absolute Gasteiger partial charge is 0.491 e. The lowest BCUT2D eigenvalue weighted by Gasteiger charge is -2.22. The highest BCUT2D eigenvalue weighted by Crippen LogP contribution is 2.26. The summed E-state index contributed by atoms with van der Waals surface area (Å²) >= 11 is 0. The van der Waals surface area contributed by atoms with Crippen LogP contribution in [-0.2, 0) is 4.79 Å². The maximum atomic E-state index is 12.6. The number of benzene rings is 1. The molecule has 1 heterocycles. The SMILES string of the molecule is CCCC1CCCN(C(=O)Nc2ccccc2OCCC(N)=O)CC1. The number of likely N-dealkylation sites (tertiary alicyclic amines) is 1. The fourth-order valence-electron chi connectivity index (χ4n) is 3.22. The van der Waals surface area contributed by atoms with E-state index in [-0.39, 0.29) is 19.1 Å². The molecule has 6 heteroatoms. The lowest BCUT2D eigenvalue weighted by molar-refractivity contribution is -0.118. The quantitative estimate of drug-likeness (QED) is 0.793. The van der Waals surface area contributed by atoms with E-state index < -0.39 is 5.91 Å². The molecule has 1 atom stereocenters. The Morgan fingerprint density at radius 3 is 2.84 bits per heavy atom. The first-order valence-electron chi connectivity index (χ1n) is 9.16. The summed E-state index contributed by atoms with van der Waals surface area (Å²) in [5, 5.41) is 2.94. The third-order valence-corrected chi connectivity index (χ3v) is 4.57. The molecule has 1 unspecified atom stereocenters. The molecule has 1 aromatic rings. The topological polar surface area (TPSA) is 84.7 Å². The molecule has 2 rings (SSSR count). The summed E-state index contributed by atoms with van der Waals surface area (Å²) in [5.74, 6) is 0.871. The zero-order chi connectivity index (χ0) is 18.1. The Morgan fingerprint density at radius 1 is 1.28 bits per heavy atom. The third-order valence-electron chi connectivity index (χ3n) is 4.57. The average Bonchev–Trinajstić information content (AvgIpc) is 2.82. The number of carbonyl (C=O) groups is 2. The van der Waals surface area contributed by atoms with Crippen molar-refractivity contribution >= 4 is 17.6 Å². The maximum Gasteiger partial charge on any atom is 0.321 e. The number of nitrogens with zero attached hydrogens (tertiary/aromatic N) is 1. The monoisotopic (exact) mass is 347 g/mol. The number of hydrogen-bond donors (Lipinski definition) is 2. The van der Waals surface area contributed by atoms with E-state index >= 15 is 0 Å². The van der Waals surface area contributed by atoms with Gasteiger partial charge in [0.25, 0.3) is 0 Å². The minimum atomic E-state index is -0.410. The second-order valence-corrected chi connectivity index (χ2v) is 6.56. The molecule has 25 heavy (non-hydrogen) atoms. The maximum absolute atomic E-state index is 12.6. The summed E-state index contributed by atoms with van der Waals surface area (Å²) in [5.41, 5.74) is 5.74. The van der Waals surface area contributed by atoms with E-state index in [2.05, 4.69) is 12.2 Å². The summed E-state index contributed by atoms with van der Waals surface area (Å²) in [4.78, 5) is 25.3. The van der Waals surface area contributed by atoms with Gasteiger partial charge in [0.15, 0.2) is 0 Å². The van der Waals surface area contributed by atoms with Crippen molar-refractivity contribution in [3.63, 3.8) is 0 Å². The number of nitrogens with two attached hydrogens (primary N) is 1. The zero-order valence-corrected chi connectivity index (χ0v) is 15.0. The third kappa shape index (κ3) is 6.29. The minimum absolute atomic E-state index is 0.0944. The summed E-state index contributed by atoms with van der Waals surface area (Å²) in [7, 11) is 0. The molecule has 1 aliphatic heterocycles. The molecule has 0 aromatic heterocycles. The number of amides is 3. The number of carbonyl (C=O) groups excluding carboxylic acids is 2. The van der Waals surface area contributed by atoms with E-state index in [4.69, 9.17) is 10.5 Å². The van der Waals surface area contributed by atoms with Crippen molar-refractivity contribution in [2.75, 3.05) is 25.0 Å². The van der Waals surface area contributed by atoms with Crippen molar-refractivity contribution in [2.45, 2.75) is 45.4 Å². The van der Waals surface area contributed by atoms with E-state index in [0.29, 0.717) is 11.4 Å². The Labute approximate surface area is 149 Å². The molecule has 1 fully saturated rings.